The molecule has 0 bridgehead atoms. The van der Waals surface area contributed by atoms with Crippen LogP contribution in [0.4, 0.5) is 0 Å². The summed E-state index contributed by atoms with van der Waals surface area (Å²) in [5.74, 6) is -0.495. The number of nitrogens with zero attached hydrogens (tertiary/aromatic N) is 4. The summed E-state index contributed by atoms with van der Waals surface area (Å²) in [6.07, 6.45) is 3.26. The van der Waals surface area contributed by atoms with E-state index in [0.29, 0.717) is 5.82 Å². The molecule has 0 aliphatic carbocycles. The molecule has 2 N–H and O–H groups in total. The van der Waals surface area contributed by atoms with Gasteiger partial charge in [0, 0.05) is 18.9 Å². The normalized spacial score (nSPS) is 12.5. The Bertz CT molecular complexity index is 583. The van der Waals surface area contributed by atoms with Crippen molar-refractivity contribution in [2.45, 2.75) is 25.9 Å². The van der Waals surface area contributed by atoms with Gasteiger partial charge in [-0.2, -0.15) is 10.2 Å². The van der Waals surface area contributed by atoms with Crippen LogP contribution in [0.3, 0.4) is 0 Å². The van der Waals surface area contributed by atoms with Gasteiger partial charge in [0.1, 0.15) is 6.04 Å². The van der Waals surface area contributed by atoms with Crippen LogP contribution in [0.2, 0.25) is 0 Å². The average molecular weight is 251 g/mol. The number of carboxylic acid groups (broad SMARTS) is 1. The number of aliphatic carboxylic acids is 1. The van der Waals surface area contributed by atoms with Gasteiger partial charge in [0.2, 0.25) is 0 Å². The molecule has 18 heavy (non-hydrogen) atoms. The highest BCUT2D eigenvalue weighted by Gasteiger charge is 2.17. The number of nitrogens with one attached hydrogen (secondary N) is 1. The van der Waals surface area contributed by atoms with Crippen LogP contribution >= 0.6 is 0 Å². The first kappa shape index (κ1) is 12.1. The molecule has 2 aromatic rings. The van der Waals surface area contributed by atoms with Crippen LogP contribution in [0.5, 0.6) is 0 Å². The van der Waals surface area contributed by atoms with Crippen LogP contribution in [0.25, 0.3) is 0 Å². The van der Waals surface area contributed by atoms with Crippen molar-refractivity contribution in [2.75, 3.05) is 0 Å². The van der Waals surface area contributed by atoms with E-state index in [9.17, 15) is 9.59 Å². The lowest BCUT2D eigenvalue weighted by atomic mass is 10.3. The molecule has 0 aromatic carbocycles. The molecule has 2 aromatic heterocycles. The Labute approximate surface area is 102 Å². The Balaban J connectivity index is 2.28. The maximum Gasteiger partial charge on any atom is 0.343 e. The number of carbonyl (C=O) groups is 1. The molecule has 0 spiro atoms. The second kappa shape index (κ2) is 4.86. The Hall–Kier alpha value is -2.38. The third-order valence-corrected chi connectivity index (χ3v) is 2.63. The first-order valence-electron chi connectivity index (χ1n) is 5.45. The number of hydrogen-bond donors (Lipinski definition) is 2. The van der Waals surface area contributed by atoms with Crippen molar-refractivity contribution in [1.29, 1.82) is 0 Å². The number of aromatic amines is 1. The predicted octanol–water partition coefficient (Wildman–Crippen LogP) is -0.148. The Morgan fingerprint density at radius 1 is 1.61 bits per heavy atom. The Morgan fingerprint density at radius 2 is 2.39 bits per heavy atom. The first-order valence-corrected chi connectivity index (χ1v) is 5.45. The maximum absolute atomic E-state index is 11.5. The van der Waals surface area contributed by atoms with Crippen LogP contribution in [-0.4, -0.2) is 35.6 Å². The van der Waals surface area contributed by atoms with E-state index in [1.165, 1.54) is 4.57 Å². The summed E-state index contributed by atoms with van der Waals surface area (Å²) in [6.45, 7) is 1.92. The van der Waals surface area contributed by atoms with Crippen LogP contribution in [-0.2, 0) is 11.3 Å². The SMILES string of the molecule is C[C@@H](c1n[nH]c(=O)n1CCC(=O)O)n1cccn1. The molecule has 2 heterocycles. The summed E-state index contributed by atoms with van der Waals surface area (Å²) in [5, 5.41) is 19.0. The molecule has 0 fully saturated rings. The van der Waals surface area contributed by atoms with Crippen molar-refractivity contribution in [2.24, 2.45) is 0 Å². The lowest BCUT2D eigenvalue weighted by Crippen LogP contribution is -2.23. The third kappa shape index (κ3) is 2.31. The molecule has 8 nitrogen and oxygen atoms in total. The van der Waals surface area contributed by atoms with Crippen LogP contribution < -0.4 is 5.69 Å². The van der Waals surface area contributed by atoms with E-state index in [2.05, 4.69) is 15.3 Å². The molecule has 0 unspecified atom stereocenters. The molecule has 1 atom stereocenters. The molecule has 0 aliphatic heterocycles. The summed E-state index contributed by atoms with van der Waals surface area (Å²) in [6, 6.07) is 1.52. The quantitative estimate of drug-likeness (QED) is 0.768. The van der Waals surface area contributed by atoms with Crippen molar-refractivity contribution in [3.63, 3.8) is 0 Å². The minimum absolute atomic E-state index is 0.0889. The second-order valence-electron chi connectivity index (χ2n) is 3.84. The second-order valence-corrected chi connectivity index (χ2v) is 3.84. The molecular formula is C10H13N5O3. The van der Waals surface area contributed by atoms with Gasteiger partial charge >= 0.3 is 11.7 Å². The molecule has 96 valence electrons. The van der Waals surface area contributed by atoms with Crippen LogP contribution in [0, 0.1) is 0 Å². The highest BCUT2D eigenvalue weighted by atomic mass is 16.4. The molecule has 0 saturated heterocycles. The summed E-state index contributed by atoms with van der Waals surface area (Å²) < 4.78 is 2.97. The van der Waals surface area contributed by atoms with E-state index in [4.69, 9.17) is 5.11 Å². The van der Waals surface area contributed by atoms with E-state index in [0.717, 1.165) is 0 Å². The van der Waals surface area contributed by atoms with Crippen molar-refractivity contribution in [1.82, 2.24) is 24.5 Å². The van der Waals surface area contributed by atoms with Gasteiger partial charge in [-0.15, -0.1) is 0 Å². The topological polar surface area (TPSA) is 106 Å². The fourth-order valence-electron chi connectivity index (χ4n) is 1.70. The van der Waals surface area contributed by atoms with E-state index in [1.54, 1.807) is 23.1 Å². The smallest absolute Gasteiger partial charge is 0.343 e. The van der Waals surface area contributed by atoms with Crippen molar-refractivity contribution < 1.29 is 9.90 Å². The number of H-pyrrole nitrogens is 1. The average Bonchev–Trinajstić information content (AvgIpc) is 2.95. The molecular weight excluding hydrogens is 238 g/mol. The predicted molar refractivity (Wildman–Crippen MR) is 61.1 cm³/mol. The van der Waals surface area contributed by atoms with Crippen LogP contribution in [0.15, 0.2) is 23.3 Å². The highest BCUT2D eigenvalue weighted by molar-refractivity contribution is 5.66. The van der Waals surface area contributed by atoms with Crippen molar-refractivity contribution >= 4 is 5.97 Å². The molecule has 0 aliphatic rings. The molecule has 8 heteroatoms. The monoisotopic (exact) mass is 251 g/mol. The standard InChI is InChI=1S/C10H13N5O3/c1-7(15-5-2-4-11-15)9-12-13-10(18)14(9)6-3-8(16)17/h2,4-5,7H,3,6H2,1H3,(H,13,18)(H,16,17)/t7-/m0/s1. The Kier molecular flexibility index (Phi) is 3.26. The number of hydrogen-bond acceptors (Lipinski definition) is 4. The fourth-order valence-corrected chi connectivity index (χ4v) is 1.70. The summed E-state index contributed by atoms with van der Waals surface area (Å²) in [5.41, 5.74) is -0.412. The van der Waals surface area contributed by atoms with Gasteiger partial charge in [0.05, 0.1) is 6.42 Å². The van der Waals surface area contributed by atoms with E-state index in [-0.39, 0.29) is 19.0 Å². The van der Waals surface area contributed by atoms with Gasteiger partial charge in [-0.05, 0) is 13.0 Å². The summed E-state index contributed by atoms with van der Waals surface area (Å²) in [4.78, 5) is 22.1. The largest absolute Gasteiger partial charge is 0.481 e. The van der Waals surface area contributed by atoms with Gasteiger partial charge in [-0.1, -0.05) is 0 Å². The fraction of sp³-hybridized carbons (Fsp3) is 0.400. The van der Waals surface area contributed by atoms with Crippen LogP contribution in [0.1, 0.15) is 25.2 Å². The van der Waals surface area contributed by atoms with Crippen molar-refractivity contribution in [3.8, 4) is 0 Å². The first-order chi connectivity index (χ1) is 8.59. The zero-order chi connectivity index (χ0) is 13.1. The lowest BCUT2D eigenvalue weighted by molar-refractivity contribution is -0.137. The third-order valence-electron chi connectivity index (χ3n) is 2.63. The van der Waals surface area contributed by atoms with Crippen molar-refractivity contribution in [3.05, 3.63) is 34.8 Å². The molecule has 0 amide bonds. The number of aromatic nitrogens is 5. The zero-order valence-electron chi connectivity index (χ0n) is 9.78. The van der Waals surface area contributed by atoms with E-state index in [1.807, 2.05) is 6.92 Å². The van der Waals surface area contributed by atoms with Gasteiger partial charge in [-0.3, -0.25) is 14.0 Å². The summed E-state index contributed by atoms with van der Waals surface area (Å²) >= 11 is 0. The molecule has 0 saturated carbocycles. The van der Waals surface area contributed by atoms with Gasteiger partial charge in [0.25, 0.3) is 0 Å². The van der Waals surface area contributed by atoms with Gasteiger partial charge in [0.15, 0.2) is 5.82 Å². The zero-order valence-corrected chi connectivity index (χ0v) is 9.78. The Morgan fingerprint density at radius 3 is 3.00 bits per heavy atom. The van der Waals surface area contributed by atoms with E-state index < -0.39 is 11.7 Å². The molecule has 2 rings (SSSR count). The minimum Gasteiger partial charge on any atom is -0.481 e. The number of rotatable bonds is 5. The highest BCUT2D eigenvalue weighted by Crippen LogP contribution is 2.12. The maximum atomic E-state index is 11.5. The lowest BCUT2D eigenvalue weighted by Gasteiger charge is -2.12. The van der Waals surface area contributed by atoms with Gasteiger partial charge < -0.3 is 5.11 Å². The van der Waals surface area contributed by atoms with Gasteiger partial charge in [-0.25, -0.2) is 9.89 Å². The minimum atomic E-state index is -0.958. The number of carboxylic acids is 1. The summed E-state index contributed by atoms with van der Waals surface area (Å²) in [7, 11) is 0. The molecule has 0 radical (unpaired) electrons. The van der Waals surface area contributed by atoms with E-state index >= 15 is 0 Å².